The summed E-state index contributed by atoms with van der Waals surface area (Å²) in [5, 5.41) is 24.0. The van der Waals surface area contributed by atoms with Crippen LogP contribution in [-0.4, -0.2) is 58.9 Å². The van der Waals surface area contributed by atoms with Crippen molar-refractivity contribution in [2.45, 2.75) is 45.4 Å². The third kappa shape index (κ3) is 7.15. The van der Waals surface area contributed by atoms with Gasteiger partial charge in [-0.25, -0.2) is 4.79 Å². The maximum absolute atomic E-state index is 14.1. The van der Waals surface area contributed by atoms with Crippen molar-refractivity contribution in [2.24, 2.45) is 0 Å². The van der Waals surface area contributed by atoms with E-state index in [1.807, 2.05) is 78.2 Å². The van der Waals surface area contributed by atoms with Crippen LogP contribution < -0.4 is 24.8 Å². The van der Waals surface area contributed by atoms with Gasteiger partial charge in [0.2, 0.25) is 6.79 Å². The fourth-order valence-corrected chi connectivity index (χ4v) is 5.51. The first-order chi connectivity index (χ1) is 22.3. The third-order valence-corrected chi connectivity index (χ3v) is 7.86. The molecule has 1 unspecified atom stereocenters. The lowest BCUT2D eigenvalue weighted by Gasteiger charge is -2.20. The maximum atomic E-state index is 14.1. The lowest BCUT2D eigenvalue weighted by Crippen LogP contribution is -2.46. The average molecular weight is 626 g/mol. The number of rotatable bonds is 13. The van der Waals surface area contributed by atoms with E-state index in [1.165, 1.54) is 7.05 Å². The minimum Gasteiger partial charge on any atom is -0.489 e. The van der Waals surface area contributed by atoms with E-state index in [-0.39, 0.29) is 19.8 Å². The minimum absolute atomic E-state index is 0.131. The predicted molar refractivity (Wildman–Crippen MR) is 169 cm³/mol. The number of carbonyl (C=O) groups is 3. The molecule has 3 amide bonds. The van der Waals surface area contributed by atoms with Crippen molar-refractivity contribution < 1.29 is 33.7 Å². The number of fused-ring (bicyclic) bond motifs is 2. The fraction of sp³-hybridized carbons (Fsp3) is 0.294. The second kappa shape index (κ2) is 14.4. The van der Waals surface area contributed by atoms with Gasteiger partial charge in [0.1, 0.15) is 18.4 Å². The Kier molecular flexibility index (Phi) is 9.92. The van der Waals surface area contributed by atoms with Gasteiger partial charge in [0.15, 0.2) is 17.7 Å². The zero-order chi connectivity index (χ0) is 32.6. The number of para-hydroxylation sites is 1. The highest BCUT2D eigenvalue weighted by Gasteiger charge is 2.28. The van der Waals surface area contributed by atoms with Gasteiger partial charge in [-0.3, -0.25) is 14.5 Å². The quantitative estimate of drug-likeness (QED) is 0.109. The predicted octanol–water partition coefficient (Wildman–Crippen LogP) is 4.78. The number of nitrogens with one attached hydrogen (secondary N) is 2. The Hall–Kier alpha value is -5.70. The number of carbonyl (C=O) groups excluding carboxylic acids is 2. The first-order valence-corrected chi connectivity index (χ1v) is 14.9. The Morgan fingerprint density at radius 1 is 1.09 bits per heavy atom. The molecule has 1 aromatic heterocycles. The van der Waals surface area contributed by atoms with E-state index in [9.17, 15) is 19.6 Å². The molecular formula is C34H35N5O7. The van der Waals surface area contributed by atoms with E-state index < -0.39 is 23.9 Å². The van der Waals surface area contributed by atoms with Crippen molar-refractivity contribution in [1.29, 1.82) is 5.26 Å². The van der Waals surface area contributed by atoms with Crippen LogP contribution in [0, 0.1) is 18.4 Å². The molecule has 12 nitrogen and oxygen atoms in total. The number of nitrogens with zero attached hydrogens (tertiary/aromatic N) is 3. The number of benzene rings is 3. The second-order valence-corrected chi connectivity index (χ2v) is 10.9. The summed E-state index contributed by atoms with van der Waals surface area (Å²) in [6.45, 7) is 2.91. The standard InChI is InChI=1S/C34H35N5O7/c1-22-30(32(40)37-27(33(41)38(2)20-35)12-6-7-16-36-34(42)43)26-17-25(44-19-23-9-4-3-5-10-23)14-15-28(26)39(22)18-24-11-8-13-29-31(24)46-21-45-29/h3-5,8-11,13-15,17,27,36H,6-7,12,16,18-19,21H2,1-2H3,(H,37,40)(H,42,43). The van der Waals surface area contributed by atoms with Crippen molar-refractivity contribution in [3.8, 4) is 23.4 Å². The Bertz CT molecular complexity index is 1780. The summed E-state index contributed by atoms with van der Waals surface area (Å²) in [5.74, 6) is 0.838. The molecule has 2 heterocycles. The molecule has 1 atom stereocenters. The van der Waals surface area contributed by atoms with Crippen LogP contribution in [0.15, 0.2) is 66.7 Å². The van der Waals surface area contributed by atoms with E-state index in [0.717, 1.165) is 21.5 Å². The van der Waals surface area contributed by atoms with Crippen molar-refractivity contribution in [3.05, 3.63) is 89.1 Å². The number of carboxylic acid groups (broad SMARTS) is 1. The molecule has 0 radical (unpaired) electrons. The molecule has 238 valence electrons. The number of hydrogen-bond donors (Lipinski definition) is 3. The molecule has 12 heteroatoms. The number of likely N-dealkylation sites (N-methyl/N-ethyl adjacent to an activating group) is 1. The fourth-order valence-electron chi connectivity index (χ4n) is 5.51. The SMILES string of the molecule is Cc1c(C(=O)NC(CCCCNC(=O)O)C(=O)N(C)C#N)c2cc(OCc3ccccc3)ccc2n1Cc1cccc2c1OCO2. The molecule has 46 heavy (non-hydrogen) atoms. The smallest absolute Gasteiger partial charge is 0.404 e. The summed E-state index contributed by atoms with van der Waals surface area (Å²) >= 11 is 0. The van der Waals surface area contributed by atoms with Crippen LogP contribution in [0.3, 0.4) is 0 Å². The first kappa shape index (κ1) is 31.7. The third-order valence-electron chi connectivity index (χ3n) is 7.86. The molecule has 4 aromatic rings. The molecule has 0 aliphatic carbocycles. The molecule has 3 aromatic carbocycles. The average Bonchev–Trinajstić information content (AvgIpc) is 3.65. The van der Waals surface area contributed by atoms with Gasteiger partial charge in [-0.15, -0.1) is 0 Å². The summed E-state index contributed by atoms with van der Waals surface area (Å²) in [6.07, 6.45) is 1.78. The van der Waals surface area contributed by atoms with Crippen LogP contribution >= 0.6 is 0 Å². The van der Waals surface area contributed by atoms with Crippen LogP contribution in [0.5, 0.6) is 17.2 Å². The van der Waals surface area contributed by atoms with E-state index >= 15 is 0 Å². The number of nitriles is 1. The van der Waals surface area contributed by atoms with E-state index in [1.54, 1.807) is 6.19 Å². The lowest BCUT2D eigenvalue weighted by atomic mass is 10.1. The first-order valence-electron chi connectivity index (χ1n) is 14.9. The summed E-state index contributed by atoms with van der Waals surface area (Å²) in [6, 6.07) is 20.0. The highest BCUT2D eigenvalue weighted by molar-refractivity contribution is 6.10. The zero-order valence-corrected chi connectivity index (χ0v) is 25.6. The van der Waals surface area contributed by atoms with Crippen LogP contribution in [0.2, 0.25) is 0 Å². The zero-order valence-electron chi connectivity index (χ0n) is 25.6. The van der Waals surface area contributed by atoms with Crippen molar-refractivity contribution in [2.75, 3.05) is 20.4 Å². The maximum Gasteiger partial charge on any atom is 0.404 e. The Labute approximate surface area is 266 Å². The minimum atomic E-state index is -1.14. The van der Waals surface area contributed by atoms with Crippen LogP contribution in [0.1, 0.15) is 46.4 Å². The number of aromatic nitrogens is 1. The monoisotopic (exact) mass is 625 g/mol. The number of ether oxygens (including phenoxy) is 3. The highest BCUT2D eigenvalue weighted by atomic mass is 16.7. The van der Waals surface area contributed by atoms with Gasteiger partial charge in [0, 0.05) is 35.8 Å². The normalized spacial score (nSPS) is 12.3. The molecule has 0 saturated heterocycles. The topological polar surface area (TPSA) is 155 Å². The summed E-state index contributed by atoms with van der Waals surface area (Å²) in [5.41, 5.74) is 3.69. The van der Waals surface area contributed by atoms with E-state index in [2.05, 4.69) is 10.6 Å². The molecule has 1 aliphatic heterocycles. The number of hydrogen-bond acceptors (Lipinski definition) is 7. The molecule has 1 aliphatic rings. The van der Waals surface area contributed by atoms with Crippen LogP contribution in [0.25, 0.3) is 10.9 Å². The van der Waals surface area contributed by atoms with Gasteiger partial charge >= 0.3 is 6.09 Å². The van der Waals surface area contributed by atoms with Gasteiger partial charge in [0.05, 0.1) is 12.1 Å². The Morgan fingerprint density at radius 2 is 1.89 bits per heavy atom. The molecular weight excluding hydrogens is 590 g/mol. The molecule has 3 N–H and O–H groups in total. The molecule has 0 bridgehead atoms. The number of amides is 3. The van der Waals surface area contributed by atoms with Gasteiger partial charge in [-0.05, 0) is 56.0 Å². The Morgan fingerprint density at radius 3 is 2.65 bits per heavy atom. The van der Waals surface area contributed by atoms with Gasteiger partial charge < -0.3 is 34.5 Å². The van der Waals surface area contributed by atoms with Crippen molar-refractivity contribution in [1.82, 2.24) is 20.1 Å². The molecule has 0 fully saturated rings. The molecule has 5 rings (SSSR count). The second-order valence-electron chi connectivity index (χ2n) is 10.9. The number of unbranched alkanes of at least 4 members (excludes halogenated alkanes) is 1. The summed E-state index contributed by atoms with van der Waals surface area (Å²) in [4.78, 5) is 38.9. The largest absolute Gasteiger partial charge is 0.489 e. The van der Waals surface area contributed by atoms with Gasteiger partial charge in [-0.1, -0.05) is 42.5 Å². The molecule has 0 spiro atoms. The highest BCUT2D eigenvalue weighted by Crippen LogP contribution is 2.37. The Balaban J connectivity index is 1.48. The van der Waals surface area contributed by atoms with E-state index in [4.69, 9.17) is 19.3 Å². The molecule has 0 saturated carbocycles. The van der Waals surface area contributed by atoms with E-state index in [0.29, 0.717) is 59.9 Å². The summed E-state index contributed by atoms with van der Waals surface area (Å²) in [7, 11) is 1.34. The van der Waals surface area contributed by atoms with Crippen LogP contribution in [-0.2, 0) is 17.9 Å². The van der Waals surface area contributed by atoms with Crippen molar-refractivity contribution in [3.63, 3.8) is 0 Å². The van der Waals surface area contributed by atoms with Gasteiger partial charge in [-0.2, -0.15) is 5.26 Å². The van der Waals surface area contributed by atoms with Crippen molar-refractivity contribution >= 4 is 28.8 Å². The van der Waals surface area contributed by atoms with Crippen LogP contribution in [0.4, 0.5) is 4.79 Å². The summed E-state index contributed by atoms with van der Waals surface area (Å²) < 4.78 is 19.4. The van der Waals surface area contributed by atoms with Gasteiger partial charge in [0.25, 0.3) is 11.8 Å². The lowest BCUT2D eigenvalue weighted by molar-refractivity contribution is -0.129.